The maximum absolute atomic E-state index is 12.2. The summed E-state index contributed by atoms with van der Waals surface area (Å²) in [5.41, 5.74) is 2.53. The van der Waals surface area contributed by atoms with Gasteiger partial charge in [-0.1, -0.05) is 6.92 Å². The molecule has 1 atom stereocenters. The van der Waals surface area contributed by atoms with Gasteiger partial charge in [0.2, 0.25) is 15.9 Å². The van der Waals surface area contributed by atoms with Gasteiger partial charge in [-0.3, -0.25) is 4.79 Å². The van der Waals surface area contributed by atoms with E-state index in [0.717, 1.165) is 11.3 Å². The maximum Gasteiger partial charge on any atom is 0.244 e. The van der Waals surface area contributed by atoms with E-state index in [9.17, 15) is 13.2 Å². The van der Waals surface area contributed by atoms with Gasteiger partial charge in [-0.15, -0.1) is 11.3 Å². The van der Waals surface area contributed by atoms with Gasteiger partial charge in [0.05, 0.1) is 17.9 Å². The molecule has 1 amide bonds. The van der Waals surface area contributed by atoms with Gasteiger partial charge in [-0.25, -0.2) is 18.1 Å². The fourth-order valence-corrected chi connectivity index (χ4v) is 4.50. The van der Waals surface area contributed by atoms with Crippen molar-refractivity contribution in [1.82, 2.24) is 9.73 Å². The van der Waals surface area contributed by atoms with Gasteiger partial charge in [-0.2, -0.15) is 5.10 Å². The van der Waals surface area contributed by atoms with Crippen LogP contribution in [0.2, 0.25) is 0 Å². The van der Waals surface area contributed by atoms with Crippen molar-refractivity contribution in [2.45, 2.75) is 33.1 Å². The third-order valence-corrected chi connectivity index (χ3v) is 6.92. The van der Waals surface area contributed by atoms with Crippen molar-refractivity contribution in [3.63, 3.8) is 0 Å². The van der Waals surface area contributed by atoms with Crippen LogP contribution in [-0.2, 0) is 21.2 Å². The van der Waals surface area contributed by atoms with Gasteiger partial charge in [-0.05, 0) is 38.3 Å². The summed E-state index contributed by atoms with van der Waals surface area (Å²) in [5.74, 6) is -0.487. The lowest BCUT2D eigenvalue weighted by Crippen LogP contribution is -2.45. The smallest absolute Gasteiger partial charge is 0.244 e. The molecular weight excluding hydrogens is 334 g/mol. The standard InChI is InChI=1S/C15H23N3O3S2/c1-3-13-7-8-14(22-13)10-16-17-15(19)12-6-5-9-18(11-12)23(20,21)4-2/h7-8,10,12H,3-6,9,11H2,1-2H3,(H,17,19)/b16-10+. The van der Waals surface area contributed by atoms with E-state index in [2.05, 4.69) is 17.5 Å². The molecule has 6 nitrogen and oxygen atoms in total. The molecule has 2 heterocycles. The molecule has 1 aliphatic rings. The van der Waals surface area contributed by atoms with Gasteiger partial charge in [0, 0.05) is 22.8 Å². The van der Waals surface area contributed by atoms with Crippen molar-refractivity contribution in [3.8, 4) is 0 Å². The molecule has 23 heavy (non-hydrogen) atoms. The average Bonchev–Trinajstić information content (AvgIpc) is 3.03. The molecule has 0 bridgehead atoms. The molecular formula is C15H23N3O3S2. The number of rotatable bonds is 6. The van der Waals surface area contributed by atoms with Crippen LogP contribution < -0.4 is 5.43 Å². The Bertz CT molecular complexity index is 667. The minimum absolute atomic E-state index is 0.0671. The lowest BCUT2D eigenvalue weighted by atomic mass is 9.99. The summed E-state index contributed by atoms with van der Waals surface area (Å²) in [5, 5.41) is 3.99. The van der Waals surface area contributed by atoms with Crippen molar-refractivity contribution >= 4 is 33.5 Å². The van der Waals surface area contributed by atoms with Crippen molar-refractivity contribution in [3.05, 3.63) is 21.9 Å². The third kappa shape index (κ3) is 4.86. The zero-order valence-corrected chi connectivity index (χ0v) is 15.1. The SMILES string of the molecule is CCc1ccc(/C=N/NC(=O)C2CCCN(S(=O)(=O)CC)C2)s1. The molecule has 2 rings (SSSR count). The highest BCUT2D eigenvalue weighted by Gasteiger charge is 2.31. The first-order valence-electron chi connectivity index (χ1n) is 7.85. The molecule has 1 fully saturated rings. The Morgan fingerprint density at radius 2 is 2.26 bits per heavy atom. The number of piperidine rings is 1. The van der Waals surface area contributed by atoms with Gasteiger partial charge >= 0.3 is 0 Å². The minimum atomic E-state index is -3.23. The van der Waals surface area contributed by atoms with Gasteiger partial charge in [0.25, 0.3) is 0 Å². The second-order valence-corrected chi connectivity index (χ2v) is 8.95. The monoisotopic (exact) mass is 357 g/mol. The Labute approximate surface area is 141 Å². The Balaban J connectivity index is 1.90. The predicted octanol–water partition coefficient (Wildman–Crippen LogP) is 1.82. The molecule has 1 saturated heterocycles. The fourth-order valence-electron chi connectivity index (χ4n) is 2.50. The molecule has 0 spiro atoms. The molecule has 0 aliphatic carbocycles. The predicted molar refractivity (Wildman–Crippen MR) is 93.2 cm³/mol. The summed E-state index contributed by atoms with van der Waals surface area (Å²) in [6.45, 7) is 4.46. The second kappa shape index (κ2) is 8.03. The summed E-state index contributed by atoms with van der Waals surface area (Å²) >= 11 is 1.64. The van der Waals surface area contributed by atoms with Crippen LogP contribution in [-0.4, -0.2) is 43.7 Å². The highest BCUT2D eigenvalue weighted by Crippen LogP contribution is 2.19. The number of hydrogen-bond donors (Lipinski definition) is 1. The summed E-state index contributed by atoms with van der Waals surface area (Å²) in [7, 11) is -3.23. The van der Waals surface area contributed by atoms with Crippen LogP contribution in [0.15, 0.2) is 17.2 Å². The van der Waals surface area contributed by atoms with Crippen LogP contribution in [0.5, 0.6) is 0 Å². The van der Waals surface area contributed by atoms with E-state index in [1.54, 1.807) is 24.5 Å². The minimum Gasteiger partial charge on any atom is -0.273 e. The molecule has 128 valence electrons. The molecule has 1 aliphatic heterocycles. The van der Waals surface area contributed by atoms with Crippen LogP contribution >= 0.6 is 11.3 Å². The Morgan fingerprint density at radius 3 is 2.91 bits per heavy atom. The number of nitrogens with zero attached hydrogens (tertiary/aromatic N) is 2. The molecule has 0 aromatic carbocycles. The zero-order valence-electron chi connectivity index (χ0n) is 13.5. The quantitative estimate of drug-likeness (QED) is 0.623. The van der Waals surface area contributed by atoms with E-state index in [1.165, 1.54) is 9.18 Å². The number of carbonyl (C=O) groups is 1. The van der Waals surface area contributed by atoms with E-state index in [0.29, 0.717) is 19.4 Å². The second-order valence-electron chi connectivity index (χ2n) is 5.49. The van der Waals surface area contributed by atoms with E-state index < -0.39 is 10.0 Å². The Kier molecular flexibility index (Phi) is 6.32. The molecule has 8 heteroatoms. The first kappa shape index (κ1) is 18.1. The van der Waals surface area contributed by atoms with Crippen molar-refractivity contribution in [2.24, 2.45) is 11.0 Å². The number of hydrazone groups is 1. The Hall–Kier alpha value is -1.25. The van der Waals surface area contributed by atoms with Crippen LogP contribution in [0.4, 0.5) is 0 Å². The first-order chi connectivity index (χ1) is 11.0. The molecule has 1 aromatic heterocycles. The maximum atomic E-state index is 12.2. The van der Waals surface area contributed by atoms with Crippen LogP contribution in [0, 0.1) is 5.92 Å². The summed E-state index contributed by atoms with van der Waals surface area (Å²) in [4.78, 5) is 14.4. The van der Waals surface area contributed by atoms with Crippen LogP contribution in [0.3, 0.4) is 0 Å². The molecule has 1 unspecified atom stereocenters. The number of carbonyl (C=O) groups excluding carboxylic acids is 1. The fraction of sp³-hybridized carbons (Fsp3) is 0.600. The molecule has 1 N–H and O–H groups in total. The number of nitrogens with one attached hydrogen (secondary N) is 1. The largest absolute Gasteiger partial charge is 0.273 e. The molecule has 1 aromatic rings. The van der Waals surface area contributed by atoms with Crippen molar-refractivity contribution in [2.75, 3.05) is 18.8 Å². The number of thiophene rings is 1. The van der Waals surface area contributed by atoms with E-state index in [1.807, 2.05) is 12.1 Å². The van der Waals surface area contributed by atoms with E-state index in [-0.39, 0.29) is 24.1 Å². The average molecular weight is 358 g/mol. The third-order valence-electron chi connectivity index (χ3n) is 3.91. The van der Waals surface area contributed by atoms with E-state index >= 15 is 0 Å². The number of hydrogen-bond acceptors (Lipinski definition) is 5. The summed E-state index contributed by atoms with van der Waals surface area (Å²) < 4.78 is 25.3. The zero-order chi connectivity index (χ0) is 16.9. The number of amides is 1. The van der Waals surface area contributed by atoms with E-state index in [4.69, 9.17) is 0 Å². The normalized spacial score (nSPS) is 20.0. The lowest BCUT2D eigenvalue weighted by molar-refractivity contribution is -0.126. The highest BCUT2D eigenvalue weighted by molar-refractivity contribution is 7.89. The topological polar surface area (TPSA) is 78.8 Å². The Morgan fingerprint density at radius 1 is 1.48 bits per heavy atom. The van der Waals surface area contributed by atoms with Crippen molar-refractivity contribution in [1.29, 1.82) is 0 Å². The molecule has 0 saturated carbocycles. The number of aryl methyl sites for hydroxylation is 1. The van der Waals surface area contributed by atoms with Gasteiger partial charge < -0.3 is 0 Å². The van der Waals surface area contributed by atoms with Crippen molar-refractivity contribution < 1.29 is 13.2 Å². The molecule has 0 radical (unpaired) electrons. The number of sulfonamides is 1. The van der Waals surface area contributed by atoms with Crippen LogP contribution in [0.25, 0.3) is 0 Å². The summed E-state index contributed by atoms with van der Waals surface area (Å²) in [6, 6.07) is 4.01. The summed E-state index contributed by atoms with van der Waals surface area (Å²) in [6.07, 6.45) is 4.00. The highest BCUT2D eigenvalue weighted by atomic mass is 32.2. The van der Waals surface area contributed by atoms with Crippen LogP contribution in [0.1, 0.15) is 36.4 Å². The van der Waals surface area contributed by atoms with Gasteiger partial charge in [0.1, 0.15) is 0 Å². The first-order valence-corrected chi connectivity index (χ1v) is 10.3. The van der Waals surface area contributed by atoms with Gasteiger partial charge in [0.15, 0.2) is 0 Å². The lowest BCUT2D eigenvalue weighted by Gasteiger charge is -2.30.